The van der Waals surface area contributed by atoms with Gasteiger partial charge in [0.1, 0.15) is 5.60 Å². The molecule has 0 bridgehead atoms. The van der Waals surface area contributed by atoms with Gasteiger partial charge in [0.05, 0.1) is 0 Å². The first kappa shape index (κ1) is 12.8. The van der Waals surface area contributed by atoms with Crippen molar-refractivity contribution in [1.29, 1.82) is 0 Å². The van der Waals surface area contributed by atoms with Gasteiger partial charge in [-0.05, 0) is 20.8 Å². The molecule has 0 radical (unpaired) electrons. The molecular weight excluding hydrogens is 208 g/mol. The fourth-order valence-electron chi connectivity index (χ4n) is 1.46. The van der Waals surface area contributed by atoms with E-state index in [9.17, 15) is 9.59 Å². The summed E-state index contributed by atoms with van der Waals surface area (Å²) in [6.45, 7) is 8.99. The monoisotopic (exact) mass is 228 g/mol. The minimum Gasteiger partial charge on any atom is -0.444 e. The van der Waals surface area contributed by atoms with Gasteiger partial charge in [-0.2, -0.15) is 0 Å². The molecule has 1 aliphatic rings. The highest BCUT2D eigenvalue weighted by atomic mass is 16.6. The van der Waals surface area contributed by atoms with Crippen LogP contribution in [0.1, 0.15) is 27.7 Å². The Balaban J connectivity index is 2.20. The van der Waals surface area contributed by atoms with Gasteiger partial charge in [0.15, 0.2) is 0 Å². The Bertz CT molecular complexity index is 277. The van der Waals surface area contributed by atoms with E-state index in [0.29, 0.717) is 25.6 Å². The number of likely N-dealkylation sites (tertiary alicyclic amines) is 1. The minimum atomic E-state index is -0.445. The van der Waals surface area contributed by atoms with E-state index in [1.54, 1.807) is 4.90 Å². The van der Waals surface area contributed by atoms with Gasteiger partial charge in [-0.3, -0.25) is 4.79 Å². The van der Waals surface area contributed by atoms with E-state index in [2.05, 4.69) is 5.32 Å². The lowest BCUT2D eigenvalue weighted by Crippen LogP contribution is -2.54. The lowest BCUT2D eigenvalue weighted by molar-refractivity contribution is -0.119. The standard InChI is InChI=1S/C11H20N2O3/c1-8(14)12-5-9-6-13(7-9)10(15)16-11(2,3)4/h9H,5-7H2,1-4H3,(H,12,14). The number of hydrogen-bond donors (Lipinski definition) is 1. The second-order valence-electron chi connectivity index (χ2n) is 5.19. The summed E-state index contributed by atoms with van der Waals surface area (Å²) in [5, 5.41) is 2.74. The van der Waals surface area contributed by atoms with Gasteiger partial charge >= 0.3 is 6.09 Å². The van der Waals surface area contributed by atoms with E-state index in [0.717, 1.165) is 0 Å². The van der Waals surface area contributed by atoms with Gasteiger partial charge in [0.25, 0.3) is 0 Å². The predicted molar refractivity (Wildman–Crippen MR) is 60.0 cm³/mol. The molecule has 2 amide bonds. The number of ether oxygens (including phenoxy) is 1. The predicted octanol–water partition coefficient (Wildman–Crippen LogP) is 0.989. The Labute approximate surface area is 96.1 Å². The van der Waals surface area contributed by atoms with E-state index >= 15 is 0 Å². The number of amides is 2. The fourth-order valence-corrected chi connectivity index (χ4v) is 1.46. The zero-order chi connectivity index (χ0) is 12.3. The summed E-state index contributed by atoms with van der Waals surface area (Å²) in [5.41, 5.74) is -0.445. The summed E-state index contributed by atoms with van der Waals surface area (Å²) >= 11 is 0. The number of carbonyl (C=O) groups is 2. The van der Waals surface area contributed by atoms with Crippen LogP contribution in [0.25, 0.3) is 0 Å². The molecule has 1 fully saturated rings. The van der Waals surface area contributed by atoms with Crippen molar-refractivity contribution in [2.45, 2.75) is 33.3 Å². The number of nitrogens with zero attached hydrogens (tertiary/aromatic N) is 1. The molecule has 0 unspecified atom stereocenters. The lowest BCUT2D eigenvalue weighted by atomic mass is 10.0. The first-order chi connectivity index (χ1) is 7.28. The summed E-state index contributed by atoms with van der Waals surface area (Å²) in [7, 11) is 0. The summed E-state index contributed by atoms with van der Waals surface area (Å²) in [6, 6.07) is 0. The SMILES string of the molecule is CC(=O)NCC1CN(C(=O)OC(C)(C)C)C1. The molecule has 1 aliphatic heterocycles. The third-order valence-corrected chi connectivity index (χ3v) is 2.25. The smallest absolute Gasteiger partial charge is 0.410 e. The lowest BCUT2D eigenvalue weighted by Gasteiger charge is -2.39. The quantitative estimate of drug-likeness (QED) is 0.766. The fraction of sp³-hybridized carbons (Fsp3) is 0.818. The number of carbonyl (C=O) groups excluding carboxylic acids is 2. The second-order valence-corrected chi connectivity index (χ2v) is 5.19. The molecule has 1 N–H and O–H groups in total. The Kier molecular flexibility index (Phi) is 3.78. The molecule has 92 valence electrons. The zero-order valence-corrected chi connectivity index (χ0v) is 10.4. The highest BCUT2D eigenvalue weighted by Gasteiger charge is 2.33. The van der Waals surface area contributed by atoms with Gasteiger partial charge in [-0.1, -0.05) is 0 Å². The Morgan fingerprint density at radius 3 is 2.38 bits per heavy atom. The molecule has 0 atom stereocenters. The van der Waals surface area contributed by atoms with Gasteiger partial charge < -0.3 is 15.0 Å². The molecule has 16 heavy (non-hydrogen) atoms. The van der Waals surface area contributed by atoms with Crippen molar-refractivity contribution >= 4 is 12.0 Å². The Hall–Kier alpha value is -1.26. The summed E-state index contributed by atoms with van der Waals surface area (Å²) < 4.78 is 5.22. The second kappa shape index (κ2) is 4.72. The maximum Gasteiger partial charge on any atom is 0.410 e. The van der Waals surface area contributed by atoms with Crippen LogP contribution in [0.2, 0.25) is 0 Å². The first-order valence-corrected chi connectivity index (χ1v) is 5.50. The molecule has 0 aromatic rings. The Morgan fingerprint density at radius 1 is 1.38 bits per heavy atom. The van der Waals surface area contributed by atoms with Crippen LogP contribution in [-0.2, 0) is 9.53 Å². The van der Waals surface area contributed by atoms with Crippen molar-refractivity contribution in [3.05, 3.63) is 0 Å². The van der Waals surface area contributed by atoms with Crippen LogP contribution < -0.4 is 5.32 Å². The number of rotatable bonds is 2. The molecule has 0 aromatic heterocycles. The topological polar surface area (TPSA) is 58.6 Å². The van der Waals surface area contributed by atoms with Crippen LogP contribution in [0.4, 0.5) is 4.79 Å². The highest BCUT2D eigenvalue weighted by molar-refractivity contribution is 5.73. The molecule has 1 heterocycles. The van der Waals surface area contributed by atoms with Gasteiger partial charge in [0, 0.05) is 32.5 Å². The molecule has 5 heteroatoms. The summed E-state index contributed by atoms with van der Waals surface area (Å²) in [6.07, 6.45) is -0.272. The van der Waals surface area contributed by atoms with E-state index in [4.69, 9.17) is 4.74 Å². The first-order valence-electron chi connectivity index (χ1n) is 5.50. The molecule has 0 spiro atoms. The molecule has 5 nitrogen and oxygen atoms in total. The summed E-state index contributed by atoms with van der Waals surface area (Å²) in [5.74, 6) is 0.326. The van der Waals surface area contributed by atoms with Crippen molar-refractivity contribution < 1.29 is 14.3 Å². The van der Waals surface area contributed by atoms with Crippen LogP contribution in [0, 0.1) is 5.92 Å². The van der Waals surface area contributed by atoms with Crippen molar-refractivity contribution in [3.63, 3.8) is 0 Å². The normalized spacial score (nSPS) is 16.6. The van der Waals surface area contributed by atoms with Crippen LogP contribution in [-0.4, -0.2) is 42.1 Å². The molecule has 1 rings (SSSR count). The molecule has 0 aliphatic carbocycles. The van der Waals surface area contributed by atoms with Gasteiger partial charge in [-0.15, -0.1) is 0 Å². The van der Waals surface area contributed by atoms with E-state index in [-0.39, 0.29) is 12.0 Å². The van der Waals surface area contributed by atoms with Crippen LogP contribution >= 0.6 is 0 Å². The zero-order valence-electron chi connectivity index (χ0n) is 10.4. The van der Waals surface area contributed by atoms with Gasteiger partial charge in [0.2, 0.25) is 5.91 Å². The Morgan fingerprint density at radius 2 is 1.94 bits per heavy atom. The van der Waals surface area contributed by atoms with E-state index in [1.807, 2.05) is 20.8 Å². The van der Waals surface area contributed by atoms with Crippen molar-refractivity contribution in [2.75, 3.05) is 19.6 Å². The average Bonchev–Trinajstić information content (AvgIpc) is 1.96. The molecule has 0 aromatic carbocycles. The van der Waals surface area contributed by atoms with E-state index < -0.39 is 5.60 Å². The van der Waals surface area contributed by atoms with Crippen LogP contribution in [0.5, 0.6) is 0 Å². The average molecular weight is 228 g/mol. The number of nitrogens with one attached hydrogen (secondary N) is 1. The third kappa shape index (κ3) is 4.08. The number of hydrogen-bond acceptors (Lipinski definition) is 3. The minimum absolute atomic E-state index is 0.0317. The maximum absolute atomic E-state index is 11.5. The largest absolute Gasteiger partial charge is 0.444 e. The van der Waals surface area contributed by atoms with Crippen LogP contribution in [0.15, 0.2) is 0 Å². The van der Waals surface area contributed by atoms with Crippen molar-refractivity contribution in [2.24, 2.45) is 5.92 Å². The molecular formula is C11H20N2O3. The summed E-state index contributed by atoms with van der Waals surface area (Å²) in [4.78, 5) is 23.9. The van der Waals surface area contributed by atoms with Gasteiger partial charge in [-0.25, -0.2) is 4.79 Å². The van der Waals surface area contributed by atoms with Crippen molar-refractivity contribution in [3.8, 4) is 0 Å². The maximum atomic E-state index is 11.5. The molecule has 1 saturated heterocycles. The van der Waals surface area contributed by atoms with Crippen molar-refractivity contribution in [1.82, 2.24) is 10.2 Å². The van der Waals surface area contributed by atoms with E-state index in [1.165, 1.54) is 6.92 Å². The highest BCUT2D eigenvalue weighted by Crippen LogP contribution is 2.18. The third-order valence-electron chi connectivity index (χ3n) is 2.25. The van der Waals surface area contributed by atoms with Crippen LogP contribution in [0.3, 0.4) is 0 Å². The molecule has 0 saturated carbocycles.